The van der Waals surface area contributed by atoms with Crippen molar-refractivity contribution in [3.05, 3.63) is 106 Å². The maximum absolute atomic E-state index is 13.5. The van der Waals surface area contributed by atoms with Gasteiger partial charge in [-0.25, -0.2) is 4.39 Å². The number of anilines is 1. The van der Waals surface area contributed by atoms with Crippen molar-refractivity contribution in [2.24, 2.45) is 5.92 Å². The van der Waals surface area contributed by atoms with Gasteiger partial charge < -0.3 is 9.84 Å². The molecule has 7 nitrogen and oxygen atoms in total. The fourth-order valence-corrected chi connectivity index (χ4v) is 6.31. The number of hydrogen-bond donors (Lipinski definition) is 1. The average Bonchev–Trinajstić information content (AvgIpc) is 3.54. The van der Waals surface area contributed by atoms with Crippen LogP contribution < -0.4 is 9.64 Å². The number of benzene rings is 3. The number of carbonyl (C=O) groups excluding carboxylic acids is 2. The van der Waals surface area contributed by atoms with E-state index >= 15 is 0 Å². The van der Waals surface area contributed by atoms with Crippen LogP contribution in [0.5, 0.6) is 5.75 Å². The van der Waals surface area contributed by atoms with Crippen LogP contribution in [-0.4, -0.2) is 33.6 Å². The van der Waals surface area contributed by atoms with E-state index in [-0.39, 0.29) is 22.3 Å². The van der Waals surface area contributed by atoms with Crippen LogP contribution in [0.4, 0.5) is 9.52 Å². The second-order valence-electron chi connectivity index (χ2n) is 10.4. The lowest BCUT2D eigenvalue weighted by molar-refractivity contribution is -0.132. The monoisotopic (exact) mass is 603 g/mol. The van der Waals surface area contributed by atoms with Gasteiger partial charge in [0.05, 0.1) is 18.2 Å². The lowest BCUT2D eigenvalue weighted by Crippen LogP contribution is -2.29. The highest BCUT2D eigenvalue weighted by molar-refractivity contribution is 8.00. The topological polar surface area (TPSA) is 92.6 Å². The van der Waals surface area contributed by atoms with E-state index < -0.39 is 17.7 Å². The summed E-state index contributed by atoms with van der Waals surface area (Å²) in [7, 11) is 0. The molecule has 0 aliphatic carbocycles. The number of halogens is 1. The molecule has 1 aliphatic heterocycles. The number of rotatable bonds is 10. The molecule has 0 spiro atoms. The molecule has 1 amide bonds. The number of aliphatic hydroxyl groups excluding tert-OH is 1. The van der Waals surface area contributed by atoms with E-state index in [4.69, 9.17) is 4.74 Å². The molecular formula is C32H30FN3O4S2. The van der Waals surface area contributed by atoms with Crippen LogP contribution in [0.15, 0.2) is 82.7 Å². The molecule has 1 unspecified atom stereocenters. The summed E-state index contributed by atoms with van der Waals surface area (Å²) in [6.07, 6.45) is 0.874. The first kappa shape index (κ1) is 29.5. The molecule has 1 aromatic heterocycles. The fourth-order valence-electron chi connectivity index (χ4n) is 4.48. The third kappa shape index (κ3) is 6.55. The molecule has 4 aromatic rings. The largest absolute Gasteiger partial charge is 0.507 e. The summed E-state index contributed by atoms with van der Waals surface area (Å²) in [6.45, 7) is 6.68. The van der Waals surface area contributed by atoms with E-state index in [1.807, 2.05) is 25.1 Å². The molecule has 216 valence electrons. The second-order valence-corrected chi connectivity index (χ2v) is 12.6. The van der Waals surface area contributed by atoms with Crippen LogP contribution in [0.3, 0.4) is 0 Å². The van der Waals surface area contributed by atoms with Crippen molar-refractivity contribution in [2.45, 2.75) is 43.3 Å². The number of ether oxygens (including phenoxy) is 1. The second kappa shape index (κ2) is 12.9. The van der Waals surface area contributed by atoms with Crippen molar-refractivity contribution in [3.63, 3.8) is 0 Å². The summed E-state index contributed by atoms with van der Waals surface area (Å²) in [5.74, 6) is -0.574. The molecule has 1 N–H and O–H groups in total. The molecule has 3 aromatic carbocycles. The fraction of sp³-hybridized carbons (Fsp3) is 0.250. The maximum atomic E-state index is 13.5. The molecule has 10 heteroatoms. The van der Waals surface area contributed by atoms with Gasteiger partial charge in [0.25, 0.3) is 5.78 Å². The summed E-state index contributed by atoms with van der Waals surface area (Å²) in [5, 5.41) is 20.1. The highest BCUT2D eigenvalue weighted by atomic mass is 32.2. The number of carbonyl (C=O) groups is 2. The highest BCUT2D eigenvalue weighted by Crippen LogP contribution is 2.44. The van der Waals surface area contributed by atoms with E-state index in [0.29, 0.717) is 39.5 Å². The number of ketones is 1. The van der Waals surface area contributed by atoms with Gasteiger partial charge in [0.15, 0.2) is 4.34 Å². The number of aromatic nitrogens is 2. The average molecular weight is 604 g/mol. The lowest BCUT2D eigenvalue weighted by atomic mass is 9.95. The molecular weight excluding hydrogens is 574 g/mol. The van der Waals surface area contributed by atoms with Crippen molar-refractivity contribution in [3.8, 4) is 5.75 Å². The first-order chi connectivity index (χ1) is 20.2. The zero-order chi connectivity index (χ0) is 29.8. The number of amides is 1. The number of aliphatic hydroxyl groups is 1. The van der Waals surface area contributed by atoms with Crippen LogP contribution in [0, 0.1) is 18.7 Å². The minimum atomic E-state index is -0.942. The third-order valence-electron chi connectivity index (χ3n) is 6.78. The summed E-state index contributed by atoms with van der Waals surface area (Å²) < 4.78 is 19.8. The van der Waals surface area contributed by atoms with Gasteiger partial charge in [0, 0.05) is 11.3 Å². The highest BCUT2D eigenvalue weighted by Gasteiger charge is 2.48. The first-order valence-corrected chi connectivity index (χ1v) is 15.3. The standard InChI is InChI=1S/C32H30FN3O4S2/c1-19(2)15-16-40-25-6-4-5-23(17-25)27-26(28(37)22-11-7-20(3)8-12-22)29(38)30(39)36(27)31-34-35-32(42-31)41-18-21-9-13-24(33)14-10-21/h4-14,17,19,27,37H,15-16,18H2,1-3H3/b28-26+. The van der Waals surface area contributed by atoms with Crippen molar-refractivity contribution in [1.82, 2.24) is 10.2 Å². The molecule has 1 atom stereocenters. The Labute approximate surface area is 252 Å². The number of nitrogens with zero attached hydrogens (tertiary/aromatic N) is 3. The van der Waals surface area contributed by atoms with Gasteiger partial charge in [-0.15, -0.1) is 10.2 Å². The minimum absolute atomic E-state index is 0.0288. The van der Waals surface area contributed by atoms with Gasteiger partial charge in [0.2, 0.25) is 5.13 Å². The molecule has 42 heavy (non-hydrogen) atoms. The summed E-state index contributed by atoms with van der Waals surface area (Å²) >= 11 is 2.57. The van der Waals surface area contributed by atoms with Gasteiger partial charge in [-0.3, -0.25) is 14.5 Å². The van der Waals surface area contributed by atoms with Crippen LogP contribution in [0.1, 0.15) is 48.6 Å². The van der Waals surface area contributed by atoms with Crippen LogP contribution in [-0.2, 0) is 15.3 Å². The molecule has 1 aliphatic rings. The Kier molecular flexibility index (Phi) is 9.03. The van der Waals surface area contributed by atoms with Crippen LogP contribution in [0.2, 0.25) is 0 Å². The van der Waals surface area contributed by atoms with Gasteiger partial charge >= 0.3 is 5.91 Å². The number of thioether (sulfide) groups is 1. The zero-order valence-electron chi connectivity index (χ0n) is 23.4. The van der Waals surface area contributed by atoms with E-state index in [1.54, 1.807) is 42.5 Å². The quantitative estimate of drug-likeness (QED) is 0.0667. The van der Waals surface area contributed by atoms with E-state index in [0.717, 1.165) is 17.5 Å². The Bertz CT molecular complexity index is 1620. The molecule has 0 saturated carbocycles. The van der Waals surface area contributed by atoms with Crippen molar-refractivity contribution in [2.75, 3.05) is 11.5 Å². The van der Waals surface area contributed by atoms with Crippen molar-refractivity contribution in [1.29, 1.82) is 0 Å². The van der Waals surface area contributed by atoms with Gasteiger partial charge in [0.1, 0.15) is 17.3 Å². The van der Waals surface area contributed by atoms with E-state index in [1.165, 1.54) is 40.1 Å². The Balaban J connectivity index is 1.52. The lowest BCUT2D eigenvalue weighted by Gasteiger charge is -2.23. The molecule has 5 rings (SSSR count). The summed E-state index contributed by atoms with van der Waals surface area (Å²) in [4.78, 5) is 28.4. The maximum Gasteiger partial charge on any atom is 0.301 e. The van der Waals surface area contributed by atoms with E-state index in [9.17, 15) is 19.1 Å². The molecule has 1 fully saturated rings. The Morgan fingerprint density at radius 2 is 1.81 bits per heavy atom. The van der Waals surface area contributed by atoms with Gasteiger partial charge in [-0.1, -0.05) is 91.0 Å². The number of Topliss-reactive ketones (excluding diaryl/α,β-unsaturated/α-hetero) is 1. The Hall–Kier alpha value is -4.02. The Morgan fingerprint density at radius 3 is 2.52 bits per heavy atom. The van der Waals surface area contributed by atoms with E-state index in [2.05, 4.69) is 24.0 Å². The van der Waals surface area contributed by atoms with Crippen LogP contribution in [0.25, 0.3) is 5.76 Å². The summed E-state index contributed by atoms with van der Waals surface area (Å²) in [6, 6.07) is 19.6. The molecule has 2 heterocycles. The first-order valence-electron chi connectivity index (χ1n) is 13.5. The van der Waals surface area contributed by atoms with Gasteiger partial charge in [-0.05, 0) is 54.7 Å². The summed E-state index contributed by atoms with van der Waals surface area (Å²) in [5.41, 5.74) is 2.90. The number of aryl methyl sites for hydroxylation is 1. The minimum Gasteiger partial charge on any atom is -0.507 e. The normalized spacial score (nSPS) is 16.4. The predicted octanol–water partition coefficient (Wildman–Crippen LogP) is 7.33. The van der Waals surface area contributed by atoms with Gasteiger partial charge in [-0.2, -0.15) is 0 Å². The smallest absolute Gasteiger partial charge is 0.301 e. The van der Waals surface area contributed by atoms with Crippen LogP contribution >= 0.6 is 23.1 Å². The molecule has 0 bridgehead atoms. The third-order valence-corrected chi connectivity index (χ3v) is 8.91. The Morgan fingerprint density at radius 1 is 1.07 bits per heavy atom. The molecule has 0 radical (unpaired) electrons. The number of hydrogen-bond acceptors (Lipinski definition) is 8. The zero-order valence-corrected chi connectivity index (χ0v) is 25.0. The van der Waals surface area contributed by atoms with Crippen molar-refractivity contribution < 1.29 is 23.8 Å². The predicted molar refractivity (Wildman–Crippen MR) is 163 cm³/mol. The molecule has 1 saturated heterocycles. The van der Waals surface area contributed by atoms with Crippen molar-refractivity contribution >= 4 is 45.7 Å². The SMILES string of the molecule is Cc1ccc(/C(O)=C2\C(=O)C(=O)N(c3nnc(SCc4ccc(F)cc4)s3)C2c2cccc(OCCC(C)C)c2)cc1.